The predicted molar refractivity (Wildman–Crippen MR) is 68.6 cm³/mol. The molecule has 2 aromatic rings. The first-order valence-electron chi connectivity index (χ1n) is 5.33. The fourth-order valence-electron chi connectivity index (χ4n) is 2.03. The van der Waals surface area contributed by atoms with Crippen LogP contribution in [-0.2, 0) is 17.3 Å². The van der Waals surface area contributed by atoms with Gasteiger partial charge in [0.2, 0.25) is 0 Å². The highest BCUT2D eigenvalue weighted by Crippen LogP contribution is 2.34. The number of aromatic nitrogens is 1. The van der Waals surface area contributed by atoms with Crippen LogP contribution in [0.15, 0.2) is 24.4 Å². The van der Waals surface area contributed by atoms with Crippen LogP contribution >= 0.6 is 11.6 Å². The Morgan fingerprint density at radius 1 is 1.41 bits per heavy atom. The maximum Gasteiger partial charge on any atom is 0.313 e. The van der Waals surface area contributed by atoms with E-state index in [0.717, 1.165) is 16.5 Å². The zero-order valence-corrected chi connectivity index (χ0v) is 10.7. The molecule has 0 amide bonds. The van der Waals surface area contributed by atoms with Gasteiger partial charge in [-0.05, 0) is 25.5 Å². The molecule has 1 aromatic heterocycles. The average molecular weight is 252 g/mol. The van der Waals surface area contributed by atoms with E-state index in [9.17, 15) is 9.90 Å². The van der Waals surface area contributed by atoms with Crippen LogP contribution < -0.4 is 0 Å². The van der Waals surface area contributed by atoms with E-state index in [0.29, 0.717) is 5.02 Å². The molecule has 0 spiro atoms. The number of benzene rings is 1. The number of fused-ring (bicyclic) bond motifs is 1. The molecule has 0 fully saturated rings. The molecule has 0 bridgehead atoms. The van der Waals surface area contributed by atoms with Crippen molar-refractivity contribution in [3.63, 3.8) is 0 Å². The van der Waals surface area contributed by atoms with Crippen molar-refractivity contribution in [1.29, 1.82) is 0 Å². The van der Waals surface area contributed by atoms with E-state index in [4.69, 9.17) is 11.6 Å². The van der Waals surface area contributed by atoms with Crippen LogP contribution in [-0.4, -0.2) is 15.6 Å². The van der Waals surface area contributed by atoms with Crippen molar-refractivity contribution in [2.75, 3.05) is 0 Å². The fourth-order valence-corrected chi connectivity index (χ4v) is 2.34. The highest BCUT2D eigenvalue weighted by Gasteiger charge is 2.32. The predicted octanol–water partition coefficient (Wildman–Crippen LogP) is 3.19. The Balaban J connectivity index is 2.81. The van der Waals surface area contributed by atoms with E-state index in [-0.39, 0.29) is 0 Å². The van der Waals surface area contributed by atoms with Gasteiger partial charge in [-0.3, -0.25) is 4.79 Å². The molecule has 0 aliphatic carbocycles. The summed E-state index contributed by atoms with van der Waals surface area (Å²) in [7, 11) is 1.87. The Hall–Kier alpha value is -1.48. The summed E-state index contributed by atoms with van der Waals surface area (Å²) in [5, 5.41) is 10.8. The second kappa shape index (κ2) is 3.77. The Kier molecular flexibility index (Phi) is 2.66. The van der Waals surface area contributed by atoms with Gasteiger partial charge in [0.25, 0.3) is 0 Å². The highest BCUT2D eigenvalue weighted by molar-refractivity contribution is 6.35. The van der Waals surface area contributed by atoms with Gasteiger partial charge in [0.15, 0.2) is 0 Å². The number of nitrogens with zero attached hydrogens (tertiary/aromatic N) is 1. The number of hydrogen-bond donors (Lipinski definition) is 1. The third-order valence-electron chi connectivity index (χ3n) is 3.16. The second-order valence-electron chi connectivity index (χ2n) is 4.72. The number of carbonyl (C=O) groups is 1. The molecule has 0 unspecified atom stereocenters. The molecule has 0 aliphatic heterocycles. The number of aliphatic carboxylic acids is 1. The normalized spacial score (nSPS) is 12.0. The minimum atomic E-state index is -0.926. The summed E-state index contributed by atoms with van der Waals surface area (Å²) in [6, 6.07) is 5.55. The zero-order valence-electron chi connectivity index (χ0n) is 9.99. The SMILES string of the molecule is Cn1cc(C(C)(C)C(=O)O)c2cccc(Cl)c21. The second-order valence-corrected chi connectivity index (χ2v) is 5.13. The van der Waals surface area contributed by atoms with Crippen LogP contribution in [0.3, 0.4) is 0 Å². The van der Waals surface area contributed by atoms with Crippen molar-refractivity contribution in [3.05, 3.63) is 35.0 Å². The molecule has 0 saturated heterocycles. The third-order valence-corrected chi connectivity index (χ3v) is 3.47. The van der Waals surface area contributed by atoms with Gasteiger partial charge in [-0.25, -0.2) is 0 Å². The van der Waals surface area contributed by atoms with Crippen molar-refractivity contribution in [2.24, 2.45) is 7.05 Å². The maximum atomic E-state index is 11.3. The molecule has 1 N–H and O–H groups in total. The van der Waals surface area contributed by atoms with Crippen molar-refractivity contribution in [3.8, 4) is 0 Å². The van der Waals surface area contributed by atoms with Gasteiger partial charge in [-0.1, -0.05) is 23.7 Å². The van der Waals surface area contributed by atoms with Gasteiger partial charge in [-0.15, -0.1) is 0 Å². The van der Waals surface area contributed by atoms with E-state index in [2.05, 4.69) is 0 Å². The van der Waals surface area contributed by atoms with Gasteiger partial charge in [0, 0.05) is 18.6 Å². The lowest BCUT2D eigenvalue weighted by molar-refractivity contribution is -0.142. The van der Waals surface area contributed by atoms with Crippen LogP contribution in [0.5, 0.6) is 0 Å². The molecule has 1 aromatic carbocycles. The molecular weight excluding hydrogens is 238 g/mol. The molecule has 17 heavy (non-hydrogen) atoms. The van der Waals surface area contributed by atoms with E-state index >= 15 is 0 Å². The Morgan fingerprint density at radius 2 is 2.06 bits per heavy atom. The minimum Gasteiger partial charge on any atom is -0.481 e. The van der Waals surface area contributed by atoms with Gasteiger partial charge in [0.1, 0.15) is 0 Å². The summed E-state index contributed by atoms with van der Waals surface area (Å²) < 4.78 is 1.87. The number of carboxylic acid groups (broad SMARTS) is 1. The number of para-hydroxylation sites is 1. The Morgan fingerprint density at radius 3 is 2.65 bits per heavy atom. The third kappa shape index (κ3) is 1.71. The molecule has 4 heteroatoms. The largest absolute Gasteiger partial charge is 0.481 e. The van der Waals surface area contributed by atoms with Crippen molar-refractivity contribution in [1.82, 2.24) is 4.57 Å². The van der Waals surface area contributed by atoms with E-state index in [1.54, 1.807) is 19.9 Å². The summed E-state index contributed by atoms with van der Waals surface area (Å²) in [6.45, 7) is 3.40. The average Bonchev–Trinajstić information content (AvgIpc) is 2.58. The van der Waals surface area contributed by atoms with E-state index < -0.39 is 11.4 Å². The lowest BCUT2D eigenvalue weighted by Crippen LogP contribution is -2.28. The number of rotatable bonds is 2. The number of halogens is 1. The molecular formula is C13H14ClNO2. The van der Waals surface area contributed by atoms with E-state index in [1.807, 2.05) is 29.9 Å². The standard InChI is InChI=1S/C13H14ClNO2/c1-13(2,12(16)17)9-7-15(3)11-8(9)5-4-6-10(11)14/h4-7H,1-3H3,(H,16,17). The topological polar surface area (TPSA) is 42.2 Å². The quantitative estimate of drug-likeness (QED) is 0.891. The van der Waals surface area contributed by atoms with Gasteiger partial charge in [-0.2, -0.15) is 0 Å². The summed E-state index contributed by atoms with van der Waals surface area (Å²) in [4.78, 5) is 11.3. The lowest BCUT2D eigenvalue weighted by atomic mass is 9.85. The zero-order chi connectivity index (χ0) is 12.8. The minimum absolute atomic E-state index is 0.637. The van der Waals surface area contributed by atoms with Gasteiger partial charge < -0.3 is 9.67 Å². The summed E-state index contributed by atoms with van der Waals surface area (Å²) in [5.74, 6) is -0.843. The molecule has 0 aliphatic rings. The molecule has 0 atom stereocenters. The number of carboxylic acids is 1. The molecule has 2 rings (SSSR count). The van der Waals surface area contributed by atoms with Crippen LogP contribution in [0.25, 0.3) is 10.9 Å². The highest BCUT2D eigenvalue weighted by atomic mass is 35.5. The summed E-state index contributed by atoms with van der Waals surface area (Å²) >= 11 is 6.14. The van der Waals surface area contributed by atoms with Crippen molar-refractivity contribution >= 4 is 28.5 Å². The molecule has 0 radical (unpaired) electrons. The Bertz CT molecular complexity index is 599. The maximum absolute atomic E-state index is 11.3. The van der Waals surface area contributed by atoms with Gasteiger partial charge >= 0.3 is 5.97 Å². The smallest absolute Gasteiger partial charge is 0.313 e. The van der Waals surface area contributed by atoms with E-state index in [1.165, 1.54) is 0 Å². The van der Waals surface area contributed by atoms with Gasteiger partial charge in [0.05, 0.1) is 16.0 Å². The van der Waals surface area contributed by atoms with Crippen LogP contribution in [0.2, 0.25) is 5.02 Å². The molecule has 90 valence electrons. The monoisotopic (exact) mass is 251 g/mol. The fraction of sp³-hybridized carbons (Fsp3) is 0.308. The number of hydrogen-bond acceptors (Lipinski definition) is 1. The summed E-state index contributed by atoms with van der Waals surface area (Å²) in [6.07, 6.45) is 1.84. The lowest BCUT2D eigenvalue weighted by Gasteiger charge is -2.18. The first kappa shape index (κ1) is 12.0. The van der Waals surface area contributed by atoms with Crippen molar-refractivity contribution in [2.45, 2.75) is 19.3 Å². The van der Waals surface area contributed by atoms with Crippen LogP contribution in [0.4, 0.5) is 0 Å². The first-order chi connectivity index (χ1) is 7.85. The Labute approximate surface area is 105 Å². The van der Waals surface area contributed by atoms with Crippen LogP contribution in [0.1, 0.15) is 19.4 Å². The van der Waals surface area contributed by atoms with Crippen molar-refractivity contribution < 1.29 is 9.90 Å². The molecule has 3 nitrogen and oxygen atoms in total. The van der Waals surface area contributed by atoms with Crippen LogP contribution in [0, 0.1) is 0 Å². The molecule has 1 heterocycles. The molecule has 0 saturated carbocycles. The number of aryl methyl sites for hydroxylation is 1. The first-order valence-corrected chi connectivity index (χ1v) is 5.71. The summed E-state index contributed by atoms with van der Waals surface area (Å²) in [5.41, 5.74) is 0.730.